The molecule has 0 radical (unpaired) electrons. The van der Waals surface area contributed by atoms with E-state index in [2.05, 4.69) is 10.6 Å². The second-order valence-corrected chi connectivity index (χ2v) is 7.85. The lowest BCUT2D eigenvalue weighted by molar-refractivity contribution is -0.135. The molecular formula is C24H29N3O6. The van der Waals surface area contributed by atoms with E-state index in [4.69, 9.17) is 14.2 Å². The number of methoxy groups -OCH3 is 2. The van der Waals surface area contributed by atoms with E-state index in [1.54, 1.807) is 57.4 Å². The fourth-order valence-corrected chi connectivity index (χ4v) is 3.63. The molecule has 2 aromatic carbocycles. The number of benzene rings is 2. The van der Waals surface area contributed by atoms with E-state index in [0.29, 0.717) is 30.3 Å². The number of hydrogen-bond acceptors (Lipinski definition) is 6. The maximum absolute atomic E-state index is 13.0. The number of nitrogens with zero attached hydrogens (tertiary/aromatic N) is 1. The molecule has 1 fully saturated rings. The molecule has 1 saturated heterocycles. The fourth-order valence-electron chi connectivity index (χ4n) is 3.63. The first-order chi connectivity index (χ1) is 15.8. The van der Waals surface area contributed by atoms with Gasteiger partial charge in [0.25, 0.3) is 5.91 Å². The highest BCUT2D eigenvalue weighted by Gasteiger charge is 2.49. The molecule has 2 unspecified atom stereocenters. The molecular weight excluding hydrogens is 426 g/mol. The largest absolute Gasteiger partial charge is 0.493 e. The summed E-state index contributed by atoms with van der Waals surface area (Å²) in [6.07, 6.45) is 0. The van der Waals surface area contributed by atoms with Crippen molar-refractivity contribution in [3.05, 3.63) is 59.7 Å². The maximum Gasteiger partial charge on any atom is 0.325 e. The van der Waals surface area contributed by atoms with Crippen molar-refractivity contribution in [3.63, 3.8) is 0 Å². The van der Waals surface area contributed by atoms with Crippen LogP contribution in [-0.4, -0.2) is 56.7 Å². The molecule has 9 nitrogen and oxygen atoms in total. The Balaban J connectivity index is 1.64. The minimum Gasteiger partial charge on any atom is -0.493 e. The number of amides is 4. The number of hydrogen-bond donors (Lipinski definition) is 2. The van der Waals surface area contributed by atoms with Crippen LogP contribution in [0.4, 0.5) is 4.79 Å². The normalized spacial score (nSPS) is 18.6. The lowest BCUT2D eigenvalue weighted by Gasteiger charge is -2.22. The van der Waals surface area contributed by atoms with Crippen molar-refractivity contribution < 1.29 is 28.6 Å². The highest BCUT2D eigenvalue weighted by molar-refractivity contribution is 6.09. The van der Waals surface area contributed by atoms with Crippen LogP contribution in [0, 0.1) is 0 Å². The summed E-state index contributed by atoms with van der Waals surface area (Å²) in [5.74, 6) is 0.164. The van der Waals surface area contributed by atoms with Gasteiger partial charge in [0, 0.05) is 7.11 Å². The van der Waals surface area contributed by atoms with Gasteiger partial charge in [0.15, 0.2) is 11.5 Å². The van der Waals surface area contributed by atoms with Gasteiger partial charge in [-0.2, -0.15) is 0 Å². The van der Waals surface area contributed by atoms with Crippen molar-refractivity contribution in [2.24, 2.45) is 0 Å². The van der Waals surface area contributed by atoms with Crippen LogP contribution < -0.4 is 20.1 Å². The highest BCUT2D eigenvalue weighted by atomic mass is 16.5. The summed E-state index contributed by atoms with van der Waals surface area (Å²) in [6.45, 7) is 3.88. The molecule has 0 spiro atoms. The van der Waals surface area contributed by atoms with Crippen LogP contribution in [0.1, 0.15) is 31.0 Å². The van der Waals surface area contributed by atoms with Gasteiger partial charge in [-0.15, -0.1) is 0 Å². The number of carbonyl (C=O) groups is 3. The van der Waals surface area contributed by atoms with Gasteiger partial charge in [0.1, 0.15) is 18.7 Å². The van der Waals surface area contributed by atoms with Crippen LogP contribution in [0.15, 0.2) is 48.5 Å². The second kappa shape index (κ2) is 10.4. The average Bonchev–Trinajstić information content (AvgIpc) is 3.03. The van der Waals surface area contributed by atoms with Crippen molar-refractivity contribution in [3.8, 4) is 11.5 Å². The van der Waals surface area contributed by atoms with Crippen LogP contribution in [0.25, 0.3) is 0 Å². The molecule has 1 heterocycles. The van der Waals surface area contributed by atoms with Crippen LogP contribution >= 0.6 is 0 Å². The van der Waals surface area contributed by atoms with Crippen molar-refractivity contribution in [1.29, 1.82) is 0 Å². The zero-order valence-electron chi connectivity index (χ0n) is 19.2. The Hall–Kier alpha value is -3.59. The highest BCUT2D eigenvalue weighted by Crippen LogP contribution is 2.31. The standard InChI is InChI=1S/C24H29N3O6/c1-16(17-10-11-19(20(14-17)32-4)33-13-12-31-3)25-21(28)15-27-22(29)24(2,26-23(27)30)18-8-6-5-7-9-18/h5-11,14,16H,12-13,15H2,1-4H3,(H,25,28)(H,26,30). The monoisotopic (exact) mass is 455 g/mol. The summed E-state index contributed by atoms with van der Waals surface area (Å²) < 4.78 is 16.0. The summed E-state index contributed by atoms with van der Waals surface area (Å²) >= 11 is 0. The molecule has 33 heavy (non-hydrogen) atoms. The Morgan fingerprint density at radius 2 is 1.82 bits per heavy atom. The third-order valence-corrected chi connectivity index (χ3v) is 5.54. The molecule has 3 rings (SSSR count). The summed E-state index contributed by atoms with van der Waals surface area (Å²) in [6, 6.07) is 13.3. The Bertz CT molecular complexity index is 1010. The predicted molar refractivity (Wildman–Crippen MR) is 121 cm³/mol. The topological polar surface area (TPSA) is 106 Å². The number of carbonyl (C=O) groups excluding carboxylic acids is 3. The van der Waals surface area contributed by atoms with Gasteiger partial charge >= 0.3 is 6.03 Å². The van der Waals surface area contributed by atoms with Crippen molar-refractivity contribution in [2.75, 3.05) is 34.0 Å². The smallest absolute Gasteiger partial charge is 0.325 e. The van der Waals surface area contributed by atoms with E-state index in [9.17, 15) is 14.4 Å². The van der Waals surface area contributed by atoms with E-state index < -0.39 is 23.4 Å². The van der Waals surface area contributed by atoms with E-state index in [1.807, 2.05) is 12.1 Å². The lowest BCUT2D eigenvalue weighted by atomic mass is 9.92. The Morgan fingerprint density at radius 1 is 1.09 bits per heavy atom. The number of ether oxygens (including phenoxy) is 3. The second-order valence-electron chi connectivity index (χ2n) is 7.85. The summed E-state index contributed by atoms with van der Waals surface area (Å²) in [5.41, 5.74) is 0.223. The van der Waals surface area contributed by atoms with Crippen LogP contribution in [0.2, 0.25) is 0 Å². The molecule has 0 aliphatic carbocycles. The molecule has 1 aliphatic heterocycles. The molecule has 0 saturated carbocycles. The molecule has 0 bridgehead atoms. The van der Waals surface area contributed by atoms with Gasteiger partial charge in [0.05, 0.1) is 19.8 Å². The third kappa shape index (κ3) is 5.25. The minimum atomic E-state index is -1.21. The zero-order valence-corrected chi connectivity index (χ0v) is 19.2. The summed E-state index contributed by atoms with van der Waals surface area (Å²) in [5, 5.41) is 5.52. The van der Waals surface area contributed by atoms with Gasteiger partial charge in [0.2, 0.25) is 5.91 Å². The molecule has 1 aliphatic rings. The number of nitrogens with one attached hydrogen (secondary N) is 2. The molecule has 2 aromatic rings. The first-order valence-corrected chi connectivity index (χ1v) is 10.6. The van der Waals surface area contributed by atoms with E-state index in [0.717, 1.165) is 10.5 Å². The predicted octanol–water partition coefficient (Wildman–Crippen LogP) is 2.36. The van der Waals surface area contributed by atoms with Gasteiger partial charge in [-0.1, -0.05) is 36.4 Å². The quantitative estimate of drug-likeness (QED) is 0.421. The van der Waals surface area contributed by atoms with Crippen LogP contribution in [0.3, 0.4) is 0 Å². The van der Waals surface area contributed by atoms with E-state index >= 15 is 0 Å². The maximum atomic E-state index is 13.0. The van der Waals surface area contributed by atoms with Crippen molar-refractivity contribution in [2.45, 2.75) is 25.4 Å². The SMILES string of the molecule is COCCOc1ccc(C(C)NC(=O)CN2C(=O)NC(C)(c3ccccc3)C2=O)cc1OC. The van der Waals surface area contributed by atoms with E-state index in [1.165, 1.54) is 7.11 Å². The Labute approximate surface area is 193 Å². The minimum absolute atomic E-state index is 0.381. The fraction of sp³-hybridized carbons (Fsp3) is 0.375. The van der Waals surface area contributed by atoms with Crippen molar-refractivity contribution in [1.82, 2.24) is 15.5 Å². The molecule has 2 atom stereocenters. The van der Waals surface area contributed by atoms with Gasteiger partial charge in [-0.05, 0) is 37.1 Å². The molecule has 9 heteroatoms. The zero-order chi connectivity index (χ0) is 24.0. The van der Waals surface area contributed by atoms with E-state index in [-0.39, 0.29) is 12.6 Å². The first kappa shape index (κ1) is 24.1. The number of imide groups is 1. The average molecular weight is 456 g/mol. The number of rotatable bonds is 10. The molecule has 4 amide bonds. The van der Waals surface area contributed by atoms with Crippen molar-refractivity contribution >= 4 is 17.8 Å². The van der Waals surface area contributed by atoms with Crippen LogP contribution in [-0.2, 0) is 19.9 Å². The molecule has 2 N–H and O–H groups in total. The lowest BCUT2D eigenvalue weighted by Crippen LogP contribution is -2.43. The number of urea groups is 1. The summed E-state index contributed by atoms with van der Waals surface area (Å²) in [4.78, 5) is 39.0. The Morgan fingerprint density at radius 3 is 2.48 bits per heavy atom. The van der Waals surface area contributed by atoms with Gasteiger partial charge < -0.3 is 24.8 Å². The van der Waals surface area contributed by atoms with Crippen LogP contribution in [0.5, 0.6) is 11.5 Å². The summed E-state index contributed by atoms with van der Waals surface area (Å²) in [7, 11) is 3.13. The van der Waals surface area contributed by atoms with Gasteiger partial charge in [-0.3, -0.25) is 14.5 Å². The molecule has 0 aromatic heterocycles. The molecule has 176 valence electrons. The Kier molecular flexibility index (Phi) is 7.55. The van der Waals surface area contributed by atoms with Gasteiger partial charge in [-0.25, -0.2) is 4.79 Å². The first-order valence-electron chi connectivity index (χ1n) is 10.6. The third-order valence-electron chi connectivity index (χ3n) is 5.54.